The van der Waals surface area contributed by atoms with Crippen LogP contribution in [-0.4, -0.2) is 26.0 Å². The van der Waals surface area contributed by atoms with Crippen molar-refractivity contribution in [2.45, 2.75) is 0 Å². The van der Waals surface area contributed by atoms with E-state index in [2.05, 4.69) is 0 Å². The third-order valence-corrected chi connectivity index (χ3v) is 4.59. The lowest BCUT2D eigenvalue weighted by molar-refractivity contribution is 0.0733. The summed E-state index contributed by atoms with van der Waals surface area (Å²) < 4.78 is 34.8. The van der Waals surface area contributed by atoms with E-state index in [4.69, 9.17) is 18.9 Å². The van der Waals surface area contributed by atoms with Crippen LogP contribution in [0, 0.1) is 5.82 Å². The first-order valence-electron chi connectivity index (χ1n) is 9.26. The first-order valence-corrected chi connectivity index (χ1v) is 9.26. The Morgan fingerprint density at radius 2 is 1.68 bits per heavy atom. The molecule has 0 N–H and O–H groups in total. The van der Waals surface area contributed by atoms with Crippen molar-refractivity contribution in [1.29, 1.82) is 0 Å². The van der Waals surface area contributed by atoms with E-state index < -0.39 is 11.8 Å². The van der Waals surface area contributed by atoms with E-state index in [-0.39, 0.29) is 28.6 Å². The number of methoxy groups -OCH3 is 2. The van der Waals surface area contributed by atoms with E-state index in [0.717, 1.165) is 0 Å². The Bertz CT molecular complexity index is 1190. The molecule has 0 bridgehead atoms. The van der Waals surface area contributed by atoms with Crippen molar-refractivity contribution in [2.75, 3.05) is 14.2 Å². The molecule has 0 amide bonds. The molecule has 6 nitrogen and oxygen atoms in total. The summed E-state index contributed by atoms with van der Waals surface area (Å²) in [4.78, 5) is 25.1. The van der Waals surface area contributed by atoms with Gasteiger partial charge in [-0.15, -0.1) is 0 Å². The van der Waals surface area contributed by atoms with Gasteiger partial charge in [-0.25, -0.2) is 9.18 Å². The maximum Gasteiger partial charge on any atom is 0.343 e. The summed E-state index contributed by atoms with van der Waals surface area (Å²) in [6, 6.07) is 15.0. The van der Waals surface area contributed by atoms with Crippen LogP contribution in [0.3, 0.4) is 0 Å². The molecule has 0 radical (unpaired) electrons. The van der Waals surface area contributed by atoms with Crippen LogP contribution >= 0.6 is 0 Å². The predicted molar refractivity (Wildman–Crippen MR) is 110 cm³/mol. The topological polar surface area (TPSA) is 71.1 Å². The van der Waals surface area contributed by atoms with Gasteiger partial charge in [0, 0.05) is 12.1 Å². The van der Waals surface area contributed by atoms with Crippen LogP contribution in [0.2, 0.25) is 0 Å². The van der Waals surface area contributed by atoms with Crippen molar-refractivity contribution >= 4 is 17.8 Å². The summed E-state index contributed by atoms with van der Waals surface area (Å²) >= 11 is 0. The highest BCUT2D eigenvalue weighted by Gasteiger charge is 2.28. The van der Waals surface area contributed by atoms with E-state index >= 15 is 0 Å². The number of carbonyl (C=O) groups excluding carboxylic acids is 2. The van der Waals surface area contributed by atoms with Gasteiger partial charge < -0.3 is 18.9 Å². The van der Waals surface area contributed by atoms with Crippen molar-refractivity contribution < 1.29 is 32.9 Å². The molecule has 7 heteroatoms. The number of Topliss-reactive ketones (excluding diaryl/α,β-unsaturated/α-hetero) is 1. The second-order valence-electron chi connectivity index (χ2n) is 6.64. The summed E-state index contributed by atoms with van der Waals surface area (Å²) in [5.74, 6) is 0.0168. The van der Waals surface area contributed by atoms with Gasteiger partial charge in [0.1, 0.15) is 28.8 Å². The van der Waals surface area contributed by atoms with Gasteiger partial charge in [-0.3, -0.25) is 4.79 Å². The van der Waals surface area contributed by atoms with Crippen LogP contribution in [0.1, 0.15) is 26.3 Å². The molecule has 4 rings (SSSR count). The monoisotopic (exact) mass is 420 g/mol. The molecule has 0 saturated heterocycles. The van der Waals surface area contributed by atoms with Crippen LogP contribution in [0.25, 0.3) is 6.08 Å². The fourth-order valence-corrected chi connectivity index (χ4v) is 3.07. The lowest BCUT2D eigenvalue weighted by Gasteiger charge is -2.09. The number of hydrogen-bond acceptors (Lipinski definition) is 6. The van der Waals surface area contributed by atoms with Gasteiger partial charge in [-0.1, -0.05) is 12.1 Å². The predicted octanol–water partition coefficient (Wildman–Crippen LogP) is 4.68. The summed E-state index contributed by atoms with van der Waals surface area (Å²) in [5, 5.41) is 0. The van der Waals surface area contributed by atoms with E-state index in [1.165, 1.54) is 62.8 Å². The molecule has 3 aromatic carbocycles. The highest BCUT2D eigenvalue weighted by Crippen LogP contribution is 2.35. The molecule has 0 aromatic heterocycles. The van der Waals surface area contributed by atoms with E-state index in [1.54, 1.807) is 18.2 Å². The number of halogens is 1. The minimum atomic E-state index is -0.628. The minimum Gasteiger partial charge on any atom is -0.497 e. The molecule has 31 heavy (non-hydrogen) atoms. The fourth-order valence-electron chi connectivity index (χ4n) is 3.07. The van der Waals surface area contributed by atoms with Crippen molar-refractivity contribution in [1.82, 2.24) is 0 Å². The second-order valence-corrected chi connectivity index (χ2v) is 6.64. The van der Waals surface area contributed by atoms with Gasteiger partial charge in [0.15, 0.2) is 5.76 Å². The SMILES string of the molecule is COc1cc(OC)cc(C(=O)Oc2ccc3c(c2)O/C(=C\c2cccc(F)c2)C3=O)c1. The number of carbonyl (C=O) groups is 2. The average Bonchev–Trinajstić information content (AvgIpc) is 3.07. The van der Waals surface area contributed by atoms with Gasteiger partial charge in [-0.05, 0) is 48.0 Å². The third kappa shape index (κ3) is 4.25. The molecule has 0 saturated carbocycles. The van der Waals surface area contributed by atoms with E-state index in [1.807, 2.05) is 0 Å². The summed E-state index contributed by atoms with van der Waals surface area (Å²) in [6.45, 7) is 0. The largest absolute Gasteiger partial charge is 0.497 e. The number of ether oxygens (including phenoxy) is 4. The molecule has 0 fully saturated rings. The van der Waals surface area contributed by atoms with Crippen LogP contribution in [0.15, 0.2) is 66.4 Å². The molecular formula is C24H17FO6. The molecule has 1 aliphatic heterocycles. The number of hydrogen-bond donors (Lipinski definition) is 0. The molecule has 1 heterocycles. The standard InChI is InChI=1S/C24H17FO6/c1-28-18-10-15(11-19(12-18)29-2)24(27)30-17-6-7-20-21(13-17)31-22(23(20)26)9-14-4-3-5-16(25)8-14/h3-13H,1-2H3/b22-9-. The number of ketones is 1. The van der Waals surface area contributed by atoms with Gasteiger partial charge in [-0.2, -0.15) is 0 Å². The smallest absolute Gasteiger partial charge is 0.343 e. The zero-order chi connectivity index (χ0) is 22.0. The van der Waals surface area contributed by atoms with Crippen molar-refractivity contribution in [3.63, 3.8) is 0 Å². The number of benzene rings is 3. The molecule has 156 valence electrons. The Hall–Kier alpha value is -4.13. The van der Waals surface area contributed by atoms with Gasteiger partial charge in [0.2, 0.25) is 5.78 Å². The number of rotatable bonds is 5. The lowest BCUT2D eigenvalue weighted by atomic mass is 10.1. The van der Waals surface area contributed by atoms with Crippen LogP contribution in [-0.2, 0) is 0 Å². The van der Waals surface area contributed by atoms with Gasteiger partial charge in [0.05, 0.1) is 25.3 Å². The number of fused-ring (bicyclic) bond motifs is 1. The molecule has 3 aromatic rings. The van der Waals surface area contributed by atoms with Gasteiger partial charge in [0.25, 0.3) is 0 Å². The third-order valence-electron chi connectivity index (χ3n) is 4.59. The summed E-state index contributed by atoms with van der Waals surface area (Å²) in [7, 11) is 2.96. The van der Waals surface area contributed by atoms with Gasteiger partial charge >= 0.3 is 5.97 Å². The summed E-state index contributed by atoms with van der Waals surface area (Å²) in [5.41, 5.74) is 1.06. The molecular weight excluding hydrogens is 403 g/mol. The normalized spacial score (nSPS) is 13.5. The van der Waals surface area contributed by atoms with E-state index in [0.29, 0.717) is 22.6 Å². The number of allylic oxidation sites excluding steroid dienone is 1. The average molecular weight is 420 g/mol. The molecule has 0 atom stereocenters. The first kappa shape index (κ1) is 20.2. The number of esters is 1. The lowest BCUT2D eigenvalue weighted by Crippen LogP contribution is -2.09. The van der Waals surface area contributed by atoms with Crippen molar-refractivity contribution in [3.8, 4) is 23.0 Å². The Morgan fingerprint density at radius 3 is 2.35 bits per heavy atom. The van der Waals surface area contributed by atoms with Crippen LogP contribution in [0.5, 0.6) is 23.0 Å². The quantitative estimate of drug-likeness (QED) is 0.339. The van der Waals surface area contributed by atoms with Crippen LogP contribution in [0.4, 0.5) is 4.39 Å². The van der Waals surface area contributed by atoms with Crippen LogP contribution < -0.4 is 18.9 Å². The molecule has 0 unspecified atom stereocenters. The summed E-state index contributed by atoms with van der Waals surface area (Å²) in [6.07, 6.45) is 1.46. The maximum absolute atomic E-state index is 13.4. The molecule has 0 aliphatic carbocycles. The minimum absolute atomic E-state index is 0.0570. The zero-order valence-corrected chi connectivity index (χ0v) is 16.7. The van der Waals surface area contributed by atoms with Crippen molar-refractivity contribution in [2.24, 2.45) is 0 Å². The Labute approximate surface area is 177 Å². The second kappa shape index (κ2) is 8.31. The Balaban J connectivity index is 1.56. The van der Waals surface area contributed by atoms with E-state index in [9.17, 15) is 14.0 Å². The highest BCUT2D eigenvalue weighted by atomic mass is 19.1. The molecule has 1 aliphatic rings. The molecule has 0 spiro atoms. The Morgan fingerprint density at radius 1 is 0.935 bits per heavy atom. The fraction of sp³-hybridized carbons (Fsp3) is 0.0833. The zero-order valence-electron chi connectivity index (χ0n) is 16.7. The maximum atomic E-state index is 13.4. The highest BCUT2D eigenvalue weighted by molar-refractivity contribution is 6.14. The first-order chi connectivity index (χ1) is 15.0. The Kier molecular flexibility index (Phi) is 5.41. The van der Waals surface area contributed by atoms with Crippen molar-refractivity contribution in [3.05, 3.63) is 88.9 Å².